The highest BCUT2D eigenvalue weighted by Gasteiger charge is 2.51. The third-order valence-electron chi connectivity index (χ3n) is 3.98. The third kappa shape index (κ3) is 1.69. The van der Waals surface area contributed by atoms with Crippen molar-refractivity contribution in [3.05, 3.63) is 35.9 Å². The van der Waals surface area contributed by atoms with E-state index in [0.717, 1.165) is 12.8 Å². The molecule has 1 heteroatoms. The number of ether oxygens (including phenoxy) is 1. The Labute approximate surface area is 92.5 Å². The molecule has 0 bridgehead atoms. The van der Waals surface area contributed by atoms with E-state index >= 15 is 0 Å². The lowest BCUT2D eigenvalue weighted by molar-refractivity contribution is -0.107. The molecule has 0 amide bonds. The minimum atomic E-state index is 0.103. The summed E-state index contributed by atoms with van der Waals surface area (Å²) >= 11 is 0. The first-order chi connectivity index (χ1) is 7.14. The number of rotatable bonds is 3. The molecule has 1 aromatic rings. The normalized spacial score (nSPS) is 34.9. The predicted molar refractivity (Wildman–Crippen MR) is 63.1 cm³/mol. The topological polar surface area (TPSA) is 9.23 Å². The third-order valence-corrected chi connectivity index (χ3v) is 3.98. The Kier molecular flexibility index (Phi) is 2.59. The van der Waals surface area contributed by atoms with Crippen LogP contribution in [0.5, 0.6) is 0 Å². The summed E-state index contributed by atoms with van der Waals surface area (Å²) in [6.07, 6.45) is 3.50. The molecule has 0 atom stereocenters. The van der Waals surface area contributed by atoms with Crippen molar-refractivity contribution < 1.29 is 4.74 Å². The average molecular weight is 204 g/mol. The van der Waals surface area contributed by atoms with Crippen LogP contribution in [0.4, 0.5) is 0 Å². The SMILES string of the molecule is CCC1(c2ccccc2)CC(C)(OC)C1. The number of hydrogen-bond acceptors (Lipinski definition) is 1. The van der Waals surface area contributed by atoms with E-state index in [-0.39, 0.29) is 5.60 Å². The Balaban J connectivity index is 2.21. The molecule has 1 aliphatic rings. The molecular formula is C14H20O. The van der Waals surface area contributed by atoms with Crippen molar-refractivity contribution in [1.82, 2.24) is 0 Å². The van der Waals surface area contributed by atoms with Crippen LogP contribution >= 0.6 is 0 Å². The second-order valence-corrected chi connectivity index (χ2v) is 5.01. The fraction of sp³-hybridized carbons (Fsp3) is 0.571. The maximum atomic E-state index is 5.55. The second kappa shape index (κ2) is 3.64. The first kappa shape index (κ1) is 10.7. The van der Waals surface area contributed by atoms with Crippen molar-refractivity contribution in [2.75, 3.05) is 7.11 Å². The molecule has 2 rings (SSSR count). The maximum absolute atomic E-state index is 5.55. The van der Waals surface area contributed by atoms with E-state index in [2.05, 4.69) is 44.2 Å². The minimum Gasteiger partial charge on any atom is -0.378 e. The molecule has 0 aromatic heterocycles. The van der Waals surface area contributed by atoms with Crippen LogP contribution < -0.4 is 0 Å². The molecule has 1 nitrogen and oxygen atoms in total. The molecule has 0 saturated heterocycles. The Bertz CT molecular complexity index is 322. The van der Waals surface area contributed by atoms with Gasteiger partial charge in [0, 0.05) is 12.5 Å². The first-order valence-corrected chi connectivity index (χ1v) is 5.75. The van der Waals surface area contributed by atoms with Gasteiger partial charge in [-0.2, -0.15) is 0 Å². The van der Waals surface area contributed by atoms with Crippen LogP contribution in [-0.4, -0.2) is 12.7 Å². The minimum absolute atomic E-state index is 0.103. The molecule has 0 heterocycles. The lowest BCUT2D eigenvalue weighted by Gasteiger charge is -2.54. The van der Waals surface area contributed by atoms with E-state index < -0.39 is 0 Å². The standard InChI is InChI=1S/C14H20O/c1-4-14(10-13(2,11-14)15-3)12-8-6-5-7-9-12/h5-9H,4,10-11H2,1-3H3. The fourth-order valence-electron chi connectivity index (χ4n) is 2.97. The van der Waals surface area contributed by atoms with Gasteiger partial charge in [0.05, 0.1) is 5.60 Å². The number of methoxy groups -OCH3 is 1. The highest BCUT2D eigenvalue weighted by Crippen LogP contribution is 2.53. The molecule has 1 fully saturated rings. The smallest absolute Gasteiger partial charge is 0.0667 e. The highest BCUT2D eigenvalue weighted by atomic mass is 16.5. The van der Waals surface area contributed by atoms with Gasteiger partial charge in [0.15, 0.2) is 0 Å². The van der Waals surface area contributed by atoms with Crippen molar-refractivity contribution in [3.63, 3.8) is 0 Å². The van der Waals surface area contributed by atoms with E-state index in [1.165, 1.54) is 12.0 Å². The van der Waals surface area contributed by atoms with Crippen molar-refractivity contribution in [1.29, 1.82) is 0 Å². The zero-order valence-electron chi connectivity index (χ0n) is 9.92. The maximum Gasteiger partial charge on any atom is 0.0667 e. The van der Waals surface area contributed by atoms with Gasteiger partial charge in [0.25, 0.3) is 0 Å². The summed E-state index contributed by atoms with van der Waals surface area (Å²) in [4.78, 5) is 0. The Morgan fingerprint density at radius 3 is 2.27 bits per heavy atom. The van der Waals surface area contributed by atoms with Crippen LogP contribution in [-0.2, 0) is 10.2 Å². The summed E-state index contributed by atoms with van der Waals surface area (Å²) in [5.74, 6) is 0. The van der Waals surface area contributed by atoms with Crippen molar-refractivity contribution in [2.24, 2.45) is 0 Å². The zero-order valence-corrected chi connectivity index (χ0v) is 9.92. The van der Waals surface area contributed by atoms with E-state index in [9.17, 15) is 0 Å². The highest BCUT2D eigenvalue weighted by molar-refractivity contribution is 5.30. The Morgan fingerprint density at radius 2 is 1.80 bits per heavy atom. The lowest BCUT2D eigenvalue weighted by Crippen LogP contribution is -2.53. The molecule has 1 saturated carbocycles. The van der Waals surface area contributed by atoms with Crippen molar-refractivity contribution in [2.45, 2.75) is 44.1 Å². The second-order valence-electron chi connectivity index (χ2n) is 5.01. The monoisotopic (exact) mass is 204 g/mol. The number of hydrogen-bond donors (Lipinski definition) is 0. The van der Waals surface area contributed by atoms with E-state index in [1.807, 2.05) is 7.11 Å². The summed E-state index contributed by atoms with van der Waals surface area (Å²) in [5, 5.41) is 0. The molecule has 0 radical (unpaired) electrons. The summed E-state index contributed by atoms with van der Waals surface area (Å²) in [6, 6.07) is 10.9. The zero-order chi connectivity index (χ0) is 10.9. The molecule has 0 spiro atoms. The van der Waals surface area contributed by atoms with Crippen LogP contribution in [0.3, 0.4) is 0 Å². The van der Waals surface area contributed by atoms with Crippen LogP contribution in [0.25, 0.3) is 0 Å². The van der Waals surface area contributed by atoms with Crippen LogP contribution in [0, 0.1) is 0 Å². The quantitative estimate of drug-likeness (QED) is 0.732. The van der Waals surface area contributed by atoms with Gasteiger partial charge < -0.3 is 4.74 Å². The van der Waals surface area contributed by atoms with Gasteiger partial charge in [-0.25, -0.2) is 0 Å². The molecule has 0 N–H and O–H groups in total. The van der Waals surface area contributed by atoms with Crippen molar-refractivity contribution in [3.8, 4) is 0 Å². The van der Waals surface area contributed by atoms with Gasteiger partial charge >= 0.3 is 0 Å². The molecule has 82 valence electrons. The predicted octanol–water partition coefficient (Wildman–Crippen LogP) is 3.53. The van der Waals surface area contributed by atoms with Crippen LogP contribution in [0.15, 0.2) is 30.3 Å². The Hall–Kier alpha value is -0.820. The van der Waals surface area contributed by atoms with Gasteiger partial charge in [-0.15, -0.1) is 0 Å². The summed E-state index contributed by atoms with van der Waals surface area (Å²) < 4.78 is 5.55. The van der Waals surface area contributed by atoms with E-state index in [4.69, 9.17) is 4.74 Å². The largest absolute Gasteiger partial charge is 0.378 e. The van der Waals surface area contributed by atoms with Crippen molar-refractivity contribution >= 4 is 0 Å². The Morgan fingerprint density at radius 1 is 1.20 bits per heavy atom. The van der Waals surface area contributed by atoms with Crippen LogP contribution in [0.2, 0.25) is 0 Å². The molecule has 1 aliphatic carbocycles. The average Bonchev–Trinajstić information content (AvgIpc) is 2.26. The van der Waals surface area contributed by atoms with Gasteiger partial charge in [0.1, 0.15) is 0 Å². The summed E-state index contributed by atoms with van der Waals surface area (Å²) in [5.41, 5.74) is 1.94. The van der Waals surface area contributed by atoms with Gasteiger partial charge in [-0.05, 0) is 31.7 Å². The molecule has 15 heavy (non-hydrogen) atoms. The molecular weight excluding hydrogens is 184 g/mol. The summed E-state index contributed by atoms with van der Waals surface area (Å²) in [7, 11) is 1.82. The fourth-order valence-corrected chi connectivity index (χ4v) is 2.97. The van der Waals surface area contributed by atoms with Gasteiger partial charge in [0.2, 0.25) is 0 Å². The lowest BCUT2D eigenvalue weighted by atomic mass is 9.55. The van der Waals surface area contributed by atoms with Crippen LogP contribution in [0.1, 0.15) is 38.7 Å². The summed E-state index contributed by atoms with van der Waals surface area (Å²) in [6.45, 7) is 4.49. The molecule has 0 aliphatic heterocycles. The van der Waals surface area contributed by atoms with E-state index in [1.54, 1.807) is 0 Å². The molecule has 1 aromatic carbocycles. The number of benzene rings is 1. The van der Waals surface area contributed by atoms with Gasteiger partial charge in [-0.1, -0.05) is 37.3 Å². The van der Waals surface area contributed by atoms with E-state index in [0.29, 0.717) is 5.41 Å². The molecule has 0 unspecified atom stereocenters. The first-order valence-electron chi connectivity index (χ1n) is 5.75. The van der Waals surface area contributed by atoms with Gasteiger partial charge in [-0.3, -0.25) is 0 Å².